The van der Waals surface area contributed by atoms with Crippen molar-refractivity contribution in [2.45, 2.75) is 13.3 Å². The van der Waals surface area contributed by atoms with E-state index in [1.807, 2.05) is 23.7 Å². The van der Waals surface area contributed by atoms with Crippen molar-refractivity contribution < 1.29 is 0 Å². The zero-order valence-electron chi connectivity index (χ0n) is 9.07. The van der Waals surface area contributed by atoms with Crippen LogP contribution in [-0.2, 0) is 13.5 Å². The molecule has 0 spiro atoms. The van der Waals surface area contributed by atoms with Crippen LogP contribution in [0.2, 0.25) is 0 Å². The minimum Gasteiger partial charge on any atom is -0.383 e. The third kappa shape index (κ3) is 1.61. The van der Waals surface area contributed by atoms with E-state index in [1.165, 1.54) is 5.56 Å². The van der Waals surface area contributed by atoms with Gasteiger partial charge in [0.2, 0.25) is 0 Å². The Morgan fingerprint density at radius 2 is 2.07 bits per heavy atom. The highest BCUT2D eigenvalue weighted by Gasteiger charge is 2.10. The monoisotopic (exact) mass is 201 g/mol. The van der Waals surface area contributed by atoms with Gasteiger partial charge in [-0.15, -0.1) is 0 Å². The van der Waals surface area contributed by atoms with Crippen molar-refractivity contribution in [2.24, 2.45) is 7.05 Å². The maximum absolute atomic E-state index is 5.96. The lowest BCUT2D eigenvalue weighted by Crippen LogP contribution is -1.97. The molecule has 0 aliphatic rings. The Kier molecular flexibility index (Phi) is 2.46. The molecule has 78 valence electrons. The standard InChI is InChI=1S/C12H15N3/c1-3-9-6-4-5-7-10(9)11-12(13)15(2)8-14-11/h4-8H,3,13H2,1-2H3. The molecule has 0 radical (unpaired) electrons. The summed E-state index contributed by atoms with van der Waals surface area (Å²) in [6.45, 7) is 2.14. The summed E-state index contributed by atoms with van der Waals surface area (Å²) in [6.07, 6.45) is 2.74. The molecule has 2 rings (SSSR count). The van der Waals surface area contributed by atoms with Crippen LogP contribution in [0.15, 0.2) is 30.6 Å². The summed E-state index contributed by atoms with van der Waals surface area (Å²) in [7, 11) is 1.90. The molecule has 3 heteroatoms. The molecule has 1 aromatic carbocycles. The number of rotatable bonds is 2. The van der Waals surface area contributed by atoms with E-state index in [0.29, 0.717) is 0 Å². The zero-order chi connectivity index (χ0) is 10.8. The highest BCUT2D eigenvalue weighted by atomic mass is 15.1. The minimum atomic E-state index is 0.718. The van der Waals surface area contributed by atoms with Crippen LogP contribution in [0.25, 0.3) is 11.3 Å². The fraction of sp³-hybridized carbons (Fsp3) is 0.250. The smallest absolute Gasteiger partial charge is 0.131 e. The fourth-order valence-electron chi connectivity index (χ4n) is 1.71. The lowest BCUT2D eigenvalue weighted by atomic mass is 10.0. The molecular weight excluding hydrogens is 186 g/mol. The molecule has 0 aliphatic carbocycles. The van der Waals surface area contributed by atoms with Crippen molar-refractivity contribution in [3.8, 4) is 11.3 Å². The average molecular weight is 201 g/mol. The van der Waals surface area contributed by atoms with E-state index in [9.17, 15) is 0 Å². The first-order valence-electron chi connectivity index (χ1n) is 5.09. The van der Waals surface area contributed by atoms with E-state index in [4.69, 9.17) is 5.73 Å². The predicted molar refractivity (Wildman–Crippen MR) is 62.4 cm³/mol. The Labute approximate surface area is 89.6 Å². The molecule has 0 fully saturated rings. The van der Waals surface area contributed by atoms with Crippen molar-refractivity contribution in [3.05, 3.63) is 36.2 Å². The second-order valence-corrected chi connectivity index (χ2v) is 3.60. The summed E-state index contributed by atoms with van der Waals surface area (Å²) in [5.41, 5.74) is 9.26. The number of imidazole rings is 1. The maximum atomic E-state index is 5.96. The molecule has 1 heterocycles. The molecule has 0 atom stereocenters. The Hall–Kier alpha value is -1.77. The van der Waals surface area contributed by atoms with Gasteiger partial charge in [0.05, 0.1) is 6.33 Å². The molecule has 0 amide bonds. The minimum absolute atomic E-state index is 0.718. The predicted octanol–water partition coefficient (Wildman–Crippen LogP) is 2.23. The summed E-state index contributed by atoms with van der Waals surface area (Å²) in [4.78, 5) is 4.33. The van der Waals surface area contributed by atoms with Gasteiger partial charge in [0.15, 0.2) is 0 Å². The number of nitrogens with two attached hydrogens (primary N) is 1. The molecule has 3 nitrogen and oxygen atoms in total. The summed E-state index contributed by atoms with van der Waals surface area (Å²) in [6, 6.07) is 8.24. The van der Waals surface area contributed by atoms with Crippen molar-refractivity contribution >= 4 is 5.82 Å². The van der Waals surface area contributed by atoms with Gasteiger partial charge in [-0.05, 0) is 12.0 Å². The molecular formula is C12H15N3. The number of aryl methyl sites for hydroxylation is 2. The molecule has 0 saturated carbocycles. The van der Waals surface area contributed by atoms with Gasteiger partial charge in [0.1, 0.15) is 11.5 Å². The molecule has 0 aliphatic heterocycles. The highest BCUT2D eigenvalue weighted by molar-refractivity contribution is 5.73. The van der Waals surface area contributed by atoms with Gasteiger partial charge in [-0.3, -0.25) is 0 Å². The number of nitrogens with zero attached hydrogens (tertiary/aromatic N) is 2. The van der Waals surface area contributed by atoms with Gasteiger partial charge < -0.3 is 10.3 Å². The first kappa shape index (κ1) is 9.77. The van der Waals surface area contributed by atoms with Crippen molar-refractivity contribution in [1.29, 1.82) is 0 Å². The molecule has 2 aromatic rings. The zero-order valence-corrected chi connectivity index (χ0v) is 9.07. The molecule has 1 aromatic heterocycles. The number of hydrogen-bond donors (Lipinski definition) is 1. The van der Waals surface area contributed by atoms with Gasteiger partial charge in [-0.25, -0.2) is 4.98 Å². The van der Waals surface area contributed by atoms with Crippen LogP contribution in [0.1, 0.15) is 12.5 Å². The highest BCUT2D eigenvalue weighted by Crippen LogP contribution is 2.27. The maximum Gasteiger partial charge on any atom is 0.131 e. The number of aromatic nitrogens is 2. The van der Waals surface area contributed by atoms with E-state index in [-0.39, 0.29) is 0 Å². The Balaban J connectivity index is 2.58. The van der Waals surface area contributed by atoms with Crippen molar-refractivity contribution in [2.75, 3.05) is 5.73 Å². The van der Waals surface area contributed by atoms with Crippen LogP contribution in [0.4, 0.5) is 5.82 Å². The van der Waals surface area contributed by atoms with Crippen LogP contribution in [-0.4, -0.2) is 9.55 Å². The molecule has 2 N–H and O–H groups in total. The van der Waals surface area contributed by atoms with E-state index in [1.54, 1.807) is 6.33 Å². The van der Waals surface area contributed by atoms with Crippen LogP contribution < -0.4 is 5.73 Å². The summed E-state index contributed by atoms with van der Waals surface area (Å²) in [5, 5.41) is 0. The molecule has 15 heavy (non-hydrogen) atoms. The second-order valence-electron chi connectivity index (χ2n) is 3.60. The van der Waals surface area contributed by atoms with Crippen molar-refractivity contribution in [1.82, 2.24) is 9.55 Å². The van der Waals surface area contributed by atoms with Crippen LogP contribution in [0.5, 0.6) is 0 Å². The number of benzene rings is 1. The SMILES string of the molecule is CCc1ccccc1-c1ncn(C)c1N. The Morgan fingerprint density at radius 3 is 2.67 bits per heavy atom. The van der Waals surface area contributed by atoms with E-state index >= 15 is 0 Å². The quantitative estimate of drug-likeness (QED) is 0.809. The number of nitrogen functional groups attached to an aromatic ring is 1. The Bertz CT molecular complexity index is 471. The Morgan fingerprint density at radius 1 is 1.33 bits per heavy atom. The molecule has 0 saturated heterocycles. The number of anilines is 1. The third-order valence-electron chi connectivity index (χ3n) is 2.64. The van der Waals surface area contributed by atoms with E-state index in [2.05, 4.69) is 24.0 Å². The average Bonchev–Trinajstić information content (AvgIpc) is 2.60. The first-order chi connectivity index (χ1) is 7.24. The van der Waals surface area contributed by atoms with Crippen LogP contribution in [0.3, 0.4) is 0 Å². The van der Waals surface area contributed by atoms with E-state index in [0.717, 1.165) is 23.5 Å². The normalized spacial score (nSPS) is 10.5. The van der Waals surface area contributed by atoms with Gasteiger partial charge >= 0.3 is 0 Å². The summed E-state index contributed by atoms with van der Waals surface area (Å²) >= 11 is 0. The lowest BCUT2D eigenvalue weighted by molar-refractivity contribution is 0.925. The molecule has 0 unspecified atom stereocenters. The largest absolute Gasteiger partial charge is 0.383 e. The second kappa shape index (κ2) is 3.77. The number of hydrogen-bond acceptors (Lipinski definition) is 2. The van der Waals surface area contributed by atoms with Crippen LogP contribution >= 0.6 is 0 Å². The van der Waals surface area contributed by atoms with Gasteiger partial charge in [-0.1, -0.05) is 31.2 Å². The van der Waals surface area contributed by atoms with Gasteiger partial charge in [0, 0.05) is 12.6 Å². The third-order valence-corrected chi connectivity index (χ3v) is 2.64. The topological polar surface area (TPSA) is 43.8 Å². The lowest BCUT2D eigenvalue weighted by Gasteiger charge is -2.05. The summed E-state index contributed by atoms with van der Waals surface area (Å²) in [5.74, 6) is 0.718. The first-order valence-corrected chi connectivity index (χ1v) is 5.09. The summed E-state index contributed by atoms with van der Waals surface area (Å²) < 4.78 is 1.84. The molecule has 0 bridgehead atoms. The van der Waals surface area contributed by atoms with Gasteiger partial charge in [0.25, 0.3) is 0 Å². The fourth-order valence-corrected chi connectivity index (χ4v) is 1.71. The van der Waals surface area contributed by atoms with Gasteiger partial charge in [-0.2, -0.15) is 0 Å². The van der Waals surface area contributed by atoms with Crippen LogP contribution in [0, 0.1) is 0 Å². The van der Waals surface area contributed by atoms with E-state index < -0.39 is 0 Å². The van der Waals surface area contributed by atoms with Crippen molar-refractivity contribution in [3.63, 3.8) is 0 Å².